The number of anilines is 1. The Bertz CT molecular complexity index is 822. The largest absolute Gasteiger partial charge is 0.351 e. The van der Waals surface area contributed by atoms with Crippen molar-refractivity contribution in [2.24, 2.45) is 0 Å². The minimum absolute atomic E-state index is 0.0414. The number of hydrogen-bond acceptors (Lipinski definition) is 4. The number of halogens is 1. The fourth-order valence-electron chi connectivity index (χ4n) is 2.19. The maximum atomic E-state index is 12.9. The molecule has 2 aromatic rings. The summed E-state index contributed by atoms with van der Waals surface area (Å²) in [5, 5.41) is 5.96. The van der Waals surface area contributed by atoms with Gasteiger partial charge in [0, 0.05) is 24.3 Å². The molecule has 0 fully saturated rings. The van der Waals surface area contributed by atoms with Crippen molar-refractivity contribution in [1.82, 2.24) is 10.6 Å². The van der Waals surface area contributed by atoms with Crippen LogP contribution in [-0.2, 0) is 10.0 Å². The van der Waals surface area contributed by atoms with E-state index in [1.165, 1.54) is 36.4 Å². The van der Waals surface area contributed by atoms with Gasteiger partial charge in [-0.2, -0.15) is 0 Å². The highest BCUT2D eigenvalue weighted by Crippen LogP contribution is 2.17. The van der Waals surface area contributed by atoms with Crippen LogP contribution in [0.1, 0.15) is 23.7 Å². The third-order valence-electron chi connectivity index (χ3n) is 3.54. The number of benzene rings is 2. The van der Waals surface area contributed by atoms with E-state index in [1.54, 1.807) is 0 Å². The fraction of sp³-hybridized carbons (Fsp3) is 0.278. The summed E-state index contributed by atoms with van der Waals surface area (Å²) in [5.74, 6) is -0.736. The van der Waals surface area contributed by atoms with Crippen LogP contribution in [0.25, 0.3) is 0 Å². The summed E-state index contributed by atoms with van der Waals surface area (Å²) in [5.41, 5.74) is 0.751. The summed E-state index contributed by atoms with van der Waals surface area (Å²) >= 11 is 0. The van der Waals surface area contributed by atoms with Crippen LogP contribution in [0, 0.1) is 5.82 Å². The molecule has 0 heterocycles. The number of hydrogen-bond donors (Lipinski definition) is 3. The van der Waals surface area contributed by atoms with Gasteiger partial charge in [-0.15, -0.1) is 0 Å². The van der Waals surface area contributed by atoms with Crippen LogP contribution < -0.4 is 15.4 Å². The van der Waals surface area contributed by atoms with E-state index in [1.807, 2.05) is 0 Å². The van der Waals surface area contributed by atoms with Gasteiger partial charge in [-0.05, 0) is 61.5 Å². The molecule has 140 valence electrons. The molecule has 0 aliphatic carbocycles. The lowest BCUT2D eigenvalue weighted by Crippen LogP contribution is -2.32. The number of carbonyl (C=O) groups is 1. The molecule has 0 spiro atoms. The molecule has 2 aromatic carbocycles. The van der Waals surface area contributed by atoms with Crippen LogP contribution in [0.2, 0.25) is 0 Å². The van der Waals surface area contributed by atoms with Crippen LogP contribution >= 0.6 is 0 Å². The van der Waals surface area contributed by atoms with Gasteiger partial charge in [0.05, 0.1) is 4.90 Å². The van der Waals surface area contributed by atoms with Gasteiger partial charge in [0.1, 0.15) is 5.82 Å². The zero-order valence-electron chi connectivity index (χ0n) is 14.5. The summed E-state index contributed by atoms with van der Waals surface area (Å²) in [7, 11) is -3.81. The lowest BCUT2D eigenvalue weighted by molar-refractivity contribution is 0.0954. The molecule has 1 amide bonds. The van der Waals surface area contributed by atoms with E-state index in [-0.39, 0.29) is 10.8 Å². The van der Waals surface area contributed by atoms with E-state index >= 15 is 0 Å². The second kappa shape index (κ2) is 9.30. The molecule has 2 rings (SSSR count). The van der Waals surface area contributed by atoms with Crippen molar-refractivity contribution < 1.29 is 17.6 Å². The number of amides is 1. The predicted octanol–water partition coefficient (Wildman–Crippen LogP) is 2.36. The van der Waals surface area contributed by atoms with E-state index in [4.69, 9.17) is 0 Å². The number of sulfonamides is 1. The van der Waals surface area contributed by atoms with Crippen LogP contribution in [0.3, 0.4) is 0 Å². The van der Waals surface area contributed by atoms with Crippen molar-refractivity contribution in [3.05, 3.63) is 59.9 Å². The standard InChI is InChI=1S/C18H22FN3O3S/c1-2-11-20-12-13-21-18(23)14-3-7-16(8-4-14)22-26(24,25)17-9-5-15(19)6-10-17/h3-10,20,22H,2,11-13H2,1H3,(H,21,23). The molecule has 0 saturated carbocycles. The van der Waals surface area contributed by atoms with Crippen LogP contribution in [0.15, 0.2) is 53.4 Å². The maximum absolute atomic E-state index is 12.9. The van der Waals surface area contributed by atoms with Crippen molar-refractivity contribution in [2.75, 3.05) is 24.4 Å². The monoisotopic (exact) mass is 379 g/mol. The lowest BCUT2D eigenvalue weighted by atomic mass is 10.2. The first-order valence-electron chi connectivity index (χ1n) is 8.30. The summed E-state index contributed by atoms with van der Waals surface area (Å²) in [6.07, 6.45) is 1.03. The highest BCUT2D eigenvalue weighted by Gasteiger charge is 2.14. The molecule has 0 aliphatic rings. The van der Waals surface area contributed by atoms with Crippen molar-refractivity contribution in [1.29, 1.82) is 0 Å². The molecular formula is C18H22FN3O3S. The molecule has 3 N–H and O–H groups in total. The summed E-state index contributed by atoms with van der Waals surface area (Å²) in [4.78, 5) is 12.0. The molecule has 0 radical (unpaired) electrons. The maximum Gasteiger partial charge on any atom is 0.261 e. The quantitative estimate of drug-likeness (QED) is 0.584. The van der Waals surface area contributed by atoms with Crippen LogP contribution in [0.5, 0.6) is 0 Å². The van der Waals surface area contributed by atoms with Crippen molar-refractivity contribution >= 4 is 21.6 Å². The Hall–Kier alpha value is -2.45. The second-order valence-corrected chi connectivity index (χ2v) is 7.33. The Kier molecular flexibility index (Phi) is 7.11. The topological polar surface area (TPSA) is 87.3 Å². The van der Waals surface area contributed by atoms with E-state index in [9.17, 15) is 17.6 Å². The minimum atomic E-state index is -3.81. The molecular weight excluding hydrogens is 357 g/mol. The third-order valence-corrected chi connectivity index (χ3v) is 4.93. The average molecular weight is 379 g/mol. The zero-order valence-corrected chi connectivity index (χ0v) is 15.3. The Labute approximate surface area is 152 Å². The minimum Gasteiger partial charge on any atom is -0.351 e. The molecule has 0 aliphatic heterocycles. The van der Waals surface area contributed by atoms with Gasteiger partial charge in [0.15, 0.2) is 0 Å². The summed E-state index contributed by atoms with van der Waals surface area (Å²) < 4.78 is 39.8. The fourth-order valence-corrected chi connectivity index (χ4v) is 3.24. The smallest absolute Gasteiger partial charge is 0.261 e. The normalized spacial score (nSPS) is 11.2. The van der Waals surface area contributed by atoms with Crippen LogP contribution in [-0.4, -0.2) is 34.0 Å². The van der Waals surface area contributed by atoms with Gasteiger partial charge in [-0.1, -0.05) is 6.92 Å². The molecule has 0 aromatic heterocycles. The Morgan fingerprint density at radius 1 is 0.962 bits per heavy atom. The van der Waals surface area contributed by atoms with E-state index in [2.05, 4.69) is 22.3 Å². The van der Waals surface area contributed by atoms with Gasteiger partial charge < -0.3 is 10.6 Å². The Balaban J connectivity index is 1.94. The van der Waals surface area contributed by atoms with E-state index < -0.39 is 15.8 Å². The second-order valence-electron chi connectivity index (χ2n) is 5.64. The van der Waals surface area contributed by atoms with E-state index in [0.717, 1.165) is 25.1 Å². The predicted molar refractivity (Wildman–Crippen MR) is 99.1 cm³/mol. The highest BCUT2D eigenvalue weighted by molar-refractivity contribution is 7.92. The van der Waals surface area contributed by atoms with Crippen LogP contribution in [0.4, 0.5) is 10.1 Å². The first-order valence-corrected chi connectivity index (χ1v) is 9.78. The van der Waals surface area contributed by atoms with Gasteiger partial charge >= 0.3 is 0 Å². The number of carbonyl (C=O) groups excluding carboxylic acids is 1. The third kappa shape index (κ3) is 5.82. The lowest BCUT2D eigenvalue weighted by Gasteiger charge is -2.09. The highest BCUT2D eigenvalue weighted by atomic mass is 32.2. The summed E-state index contributed by atoms with van der Waals surface area (Å²) in [6, 6.07) is 10.6. The molecule has 0 bridgehead atoms. The molecule has 8 heteroatoms. The van der Waals surface area contributed by atoms with Gasteiger partial charge in [0.2, 0.25) is 0 Å². The average Bonchev–Trinajstić information content (AvgIpc) is 2.62. The molecule has 0 atom stereocenters. The first kappa shape index (κ1) is 19.9. The first-order chi connectivity index (χ1) is 12.4. The van der Waals surface area contributed by atoms with Crippen molar-refractivity contribution in [3.8, 4) is 0 Å². The molecule has 0 saturated heterocycles. The summed E-state index contributed by atoms with van der Waals surface area (Å²) in [6.45, 7) is 4.17. The van der Waals surface area contributed by atoms with Gasteiger partial charge in [-0.25, -0.2) is 12.8 Å². The zero-order chi connectivity index (χ0) is 19.0. The van der Waals surface area contributed by atoms with Gasteiger partial charge in [0.25, 0.3) is 15.9 Å². The van der Waals surface area contributed by atoms with E-state index in [0.29, 0.717) is 24.3 Å². The Morgan fingerprint density at radius 3 is 2.23 bits per heavy atom. The molecule has 0 unspecified atom stereocenters. The number of nitrogens with one attached hydrogen (secondary N) is 3. The molecule has 26 heavy (non-hydrogen) atoms. The van der Waals surface area contributed by atoms with Gasteiger partial charge in [-0.3, -0.25) is 9.52 Å². The van der Waals surface area contributed by atoms with Crippen molar-refractivity contribution in [2.45, 2.75) is 18.2 Å². The van der Waals surface area contributed by atoms with Crippen molar-refractivity contribution in [3.63, 3.8) is 0 Å². The molecule has 6 nitrogen and oxygen atoms in total. The SMILES string of the molecule is CCCNCCNC(=O)c1ccc(NS(=O)(=O)c2ccc(F)cc2)cc1. The Morgan fingerprint density at radius 2 is 1.62 bits per heavy atom. The number of rotatable bonds is 9.